The highest BCUT2D eigenvalue weighted by Crippen LogP contribution is 2.34. The summed E-state index contributed by atoms with van der Waals surface area (Å²) in [7, 11) is 0. The van der Waals surface area contributed by atoms with Gasteiger partial charge in [0.2, 0.25) is 5.91 Å². The van der Waals surface area contributed by atoms with E-state index in [2.05, 4.69) is 55.5 Å². The number of aliphatic imine (C=N–C) groups is 1. The highest BCUT2D eigenvalue weighted by molar-refractivity contribution is 14.1. The Bertz CT molecular complexity index is 717. The second-order valence-electron chi connectivity index (χ2n) is 4.67. The standard InChI is InChI=1S/C15H14I2N2O3S/c1-3-4-22-13-9(5-10(16)7-11(13)17)6-12-14(21)19-15(23-12)18-8(2)20/h5-7H,3-4H2,1-2H3,(H,18,19,20,21)/b12-6-. The van der Waals surface area contributed by atoms with Gasteiger partial charge in [-0.3, -0.25) is 9.59 Å². The molecule has 0 aromatic heterocycles. The molecule has 0 bridgehead atoms. The van der Waals surface area contributed by atoms with Gasteiger partial charge in [0.1, 0.15) is 5.75 Å². The third-order valence-corrected chi connectivity index (χ3v) is 5.00. The lowest BCUT2D eigenvalue weighted by atomic mass is 10.2. The van der Waals surface area contributed by atoms with Crippen LogP contribution in [-0.2, 0) is 9.59 Å². The van der Waals surface area contributed by atoms with Crippen molar-refractivity contribution in [3.63, 3.8) is 0 Å². The molecule has 0 saturated carbocycles. The molecule has 0 radical (unpaired) electrons. The molecule has 2 rings (SSSR count). The SMILES string of the molecule is CCCOc1c(I)cc(I)cc1/C=C1\SC(NC(C)=O)=NC1=O. The lowest BCUT2D eigenvalue weighted by Crippen LogP contribution is -2.23. The maximum absolute atomic E-state index is 12.0. The van der Waals surface area contributed by atoms with E-state index in [1.807, 2.05) is 19.1 Å². The molecule has 1 aromatic carbocycles. The number of rotatable bonds is 4. The molecule has 0 aliphatic carbocycles. The van der Waals surface area contributed by atoms with Crippen molar-refractivity contribution < 1.29 is 14.3 Å². The highest BCUT2D eigenvalue weighted by Gasteiger charge is 2.23. The lowest BCUT2D eigenvalue weighted by molar-refractivity contribution is -0.117. The molecule has 5 nitrogen and oxygen atoms in total. The zero-order chi connectivity index (χ0) is 17.0. The highest BCUT2D eigenvalue weighted by atomic mass is 127. The Morgan fingerprint density at radius 3 is 2.83 bits per heavy atom. The van der Waals surface area contributed by atoms with Crippen LogP contribution in [0.4, 0.5) is 0 Å². The molecule has 0 unspecified atom stereocenters. The van der Waals surface area contributed by atoms with Crippen molar-refractivity contribution in [3.8, 4) is 5.75 Å². The number of halogens is 2. The van der Waals surface area contributed by atoms with Crippen LogP contribution >= 0.6 is 56.9 Å². The third kappa shape index (κ3) is 5.18. The van der Waals surface area contributed by atoms with Crippen LogP contribution in [0.2, 0.25) is 0 Å². The van der Waals surface area contributed by atoms with Crippen LogP contribution in [0.25, 0.3) is 6.08 Å². The monoisotopic (exact) mass is 556 g/mol. The molecule has 0 fully saturated rings. The number of amidine groups is 1. The van der Waals surface area contributed by atoms with Gasteiger partial charge >= 0.3 is 0 Å². The van der Waals surface area contributed by atoms with Gasteiger partial charge in [0.25, 0.3) is 5.91 Å². The van der Waals surface area contributed by atoms with Crippen molar-refractivity contribution >= 4 is 80.0 Å². The summed E-state index contributed by atoms with van der Waals surface area (Å²) in [5, 5.41) is 2.85. The number of carbonyl (C=O) groups is 2. The minimum atomic E-state index is -0.353. The van der Waals surface area contributed by atoms with Crippen LogP contribution in [0.3, 0.4) is 0 Å². The van der Waals surface area contributed by atoms with Crippen LogP contribution in [0.1, 0.15) is 25.8 Å². The van der Waals surface area contributed by atoms with Gasteiger partial charge in [0.15, 0.2) is 5.17 Å². The number of nitrogens with one attached hydrogen (secondary N) is 1. The number of carbonyl (C=O) groups excluding carboxylic acids is 2. The van der Waals surface area contributed by atoms with Crippen LogP contribution in [-0.4, -0.2) is 23.6 Å². The van der Waals surface area contributed by atoms with Gasteiger partial charge < -0.3 is 10.1 Å². The van der Waals surface area contributed by atoms with Crippen molar-refractivity contribution in [2.24, 2.45) is 4.99 Å². The molecule has 2 amide bonds. The molecule has 0 spiro atoms. The quantitative estimate of drug-likeness (QED) is 0.453. The van der Waals surface area contributed by atoms with Crippen molar-refractivity contribution in [1.82, 2.24) is 5.32 Å². The van der Waals surface area contributed by atoms with Crippen LogP contribution in [0.5, 0.6) is 5.75 Å². The Kier molecular flexibility index (Phi) is 6.89. The van der Waals surface area contributed by atoms with Gasteiger partial charge in [-0.05, 0) is 81.6 Å². The summed E-state index contributed by atoms with van der Waals surface area (Å²) < 4.78 is 7.88. The number of thioether (sulfide) groups is 1. The molecule has 23 heavy (non-hydrogen) atoms. The summed E-state index contributed by atoms with van der Waals surface area (Å²) in [5.74, 6) is 0.164. The van der Waals surface area contributed by atoms with Crippen molar-refractivity contribution in [2.45, 2.75) is 20.3 Å². The number of hydrogen-bond acceptors (Lipinski definition) is 4. The first kappa shape index (κ1) is 18.7. The molecule has 1 heterocycles. The Morgan fingerprint density at radius 2 is 2.17 bits per heavy atom. The molecule has 0 saturated heterocycles. The van der Waals surface area contributed by atoms with Crippen LogP contribution in [0.15, 0.2) is 22.0 Å². The Hall–Kier alpha value is -0.620. The third-order valence-electron chi connectivity index (χ3n) is 2.68. The molecular formula is C15H14I2N2O3S. The Balaban J connectivity index is 2.32. The molecule has 1 N–H and O–H groups in total. The number of amides is 2. The Morgan fingerprint density at radius 1 is 1.43 bits per heavy atom. The fourth-order valence-electron chi connectivity index (χ4n) is 1.80. The minimum Gasteiger partial charge on any atom is -0.492 e. The molecule has 0 atom stereocenters. The number of ether oxygens (including phenoxy) is 1. The first-order valence-electron chi connectivity index (χ1n) is 6.82. The molecule has 1 aromatic rings. The zero-order valence-electron chi connectivity index (χ0n) is 12.5. The van der Waals surface area contributed by atoms with E-state index in [1.54, 1.807) is 6.08 Å². The normalized spacial score (nSPS) is 15.7. The van der Waals surface area contributed by atoms with Gasteiger partial charge in [0.05, 0.1) is 15.1 Å². The zero-order valence-corrected chi connectivity index (χ0v) is 17.6. The van der Waals surface area contributed by atoms with Crippen LogP contribution in [0, 0.1) is 7.14 Å². The second kappa shape index (κ2) is 8.47. The number of benzene rings is 1. The largest absolute Gasteiger partial charge is 0.492 e. The number of nitrogens with zero attached hydrogens (tertiary/aromatic N) is 1. The summed E-state index contributed by atoms with van der Waals surface area (Å²) in [6.45, 7) is 4.04. The maximum Gasteiger partial charge on any atom is 0.286 e. The second-order valence-corrected chi connectivity index (χ2v) is 8.11. The molecule has 8 heteroatoms. The first-order chi connectivity index (χ1) is 10.9. The Labute approximate surface area is 166 Å². The number of hydrogen-bond donors (Lipinski definition) is 1. The fraction of sp³-hybridized carbons (Fsp3) is 0.267. The topological polar surface area (TPSA) is 67.8 Å². The molecule has 1 aliphatic heterocycles. The average molecular weight is 556 g/mol. The van der Waals surface area contributed by atoms with Gasteiger partial charge in [-0.25, -0.2) is 0 Å². The van der Waals surface area contributed by atoms with E-state index in [1.165, 1.54) is 6.92 Å². The summed E-state index contributed by atoms with van der Waals surface area (Å²) >= 11 is 5.61. The van der Waals surface area contributed by atoms with Gasteiger partial charge in [-0.15, -0.1) is 0 Å². The maximum atomic E-state index is 12.0. The van der Waals surface area contributed by atoms with Gasteiger partial charge in [-0.1, -0.05) is 6.92 Å². The van der Waals surface area contributed by atoms with Gasteiger partial charge in [-0.2, -0.15) is 4.99 Å². The first-order valence-corrected chi connectivity index (χ1v) is 9.80. The lowest BCUT2D eigenvalue weighted by Gasteiger charge is -2.12. The van der Waals surface area contributed by atoms with Crippen molar-refractivity contribution in [1.29, 1.82) is 0 Å². The minimum absolute atomic E-state index is 0.249. The van der Waals surface area contributed by atoms with Gasteiger partial charge in [0, 0.05) is 16.1 Å². The molecule has 122 valence electrons. The van der Waals surface area contributed by atoms with E-state index in [0.717, 1.165) is 36.6 Å². The molecule has 1 aliphatic rings. The summed E-state index contributed by atoms with van der Waals surface area (Å²) in [6, 6.07) is 3.99. The average Bonchev–Trinajstić information content (AvgIpc) is 2.76. The smallest absolute Gasteiger partial charge is 0.286 e. The van der Waals surface area contributed by atoms with Crippen molar-refractivity contribution in [3.05, 3.63) is 29.7 Å². The summed E-state index contributed by atoms with van der Waals surface area (Å²) in [5.41, 5.74) is 0.838. The predicted molar refractivity (Wildman–Crippen MR) is 109 cm³/mol. The van der Waals surface area contributed by atoms with Crippen molar-refractivity contribution in [2.75, 3.05) is 6.61 Å². The predicted octanol–water partition coefficient (Wildman–Crippen LogP) is 3.79. The fourth-order valence-corrected chi connectivity index (χ4v) is 4.69. The van der Waals surface area contributed by atoms with E-state index in [-0.39, 0.29) is 11.8 Å². The van der Waals surface area contributed by atoms with E-state index < -0.39 is 0 Å². The molecular weight excluding hydrogens is 542 g/mol. The summed E-state index contributed by atoms with van der Waals surface area (Å²) in [4.78, 5) is 27.4. The van der Waals surface area contributed by atoms with E-state index in [9.17, 15) is 9.59 Å². The summed E-state index contributed by atoms with van der Waals surface area (Å²) in [6.07, 6.45) is 2.67. The van der Waals surface area contributed by atoms with E-state index >= 15 is 0 Å². The van der Waals surface area contributed by atoms with E-state index in [0.29, 0.717) is 16.7 Å². The van der Waals surface area contributed by atoms with E-state index in [4.69, 9.17) is 4.74 Å². The van der Waals surface area contributed by atoms with Crippen LogP contribution < -0.4 is 10.1 Å².